The van der Waals surface area contributed by atoms with E-state index in [1.165, 1.54) is 12.5 Å². The second-order valence-electron chi connectivity index (χ2n) is 1.94. The van der Waals surface area contributed by atoms with Crippen molar-refractivity contribution in [2.24, 2.45) is 0 Å². The van der Waals surface area contributed by atoms with Gasteiger partial charge in [0.25, 0.3) is 0 Å². The lowest BCUT2D eigenvalue weighted by Crippen LogP contribution is -1.89. The van der Waals surface area contributed by atoms with Crippen molar-refractivity contribution in [3.05, 3.63) is 29.2 Å². The molecule has 4 heteroatoms. The molecule has 0 aromatic carbocycles. The monoisotopic (exact) mass is 134 g/mol. The first-order chi connectivity index (χ1) is 4.88. The average Bonchev–Trinajstić information content (AvgIpc) is 2.34. The van der Waals surface area contributed by atoms with Crippen LogP contribution in [-0.2, 0) is 0 Å². The molecule has 0 bridgehead atoms. The molecule has 48 valence electrons. The fourth-order valence-corrected chi connectivity index (χ4v) is 0.854. The van der Waals surface area contributed by atoms with Crippen LogP contribution in [0.2, 0.25) is 0 Å². The number of fused-ring (bicyclic) bond motifs is 1. The van der Waals surface area contributed by atoms with Crippen molar-refractivity contribution in [1.29, 1.82) is 0 Å². The normalized spacial score (nSPS) is 13.8. The molecular formula is C6H4N3O+. The molecule has 0 spiro atoms. The summed E-state index contributed by atoms with van der Waals surface area (Å²) in [4.78, 5) is 18.3. The maximum atomic E-state index is 10.8. The minimum Gasteiger partial charge on any atom is -0.220 e. The topological polar surface area (TPSA) is 45.9 Å². The lowest BCUT2D eigenvalue weighted by molar-refractivity contribution is -0.383. The molecule has 0 fully saturated rings. The van der Waals surface area contributed by atoms with Crippen LogP contribution >= 0.6 is 0 Å². The van der Waals surface area contributed by atoms with E-state index in [1.54, 1.807) is 12.3 Å². The molecular weight excluding hydrogens is 130 g/mol. The van der Waals surface area contributed by atoms with Crippen LogP contribution in [0.1, 0.15) is 5.56 Å². The minimum absolute atomic E-state index is 0.426. The Kier molecular flexibility index (Phi) is 0.887. The molecule has 2 rings (SSSR count). The van der Waals surface area contributed by atoms with Gasteiger partial charge in [0, 0.05) is 11.0 Å². The average molecular weight is 134 g/mol. The number of hydrogen-bond acceptors (Lipinski definition) is 3. The van der Waals surface area contributed by atoms with Crippen LogP contribution < -0.4 is 0 Å². The molecule has 4 nitrogen and oxygen atoms in total. The molecule has 0 aliphatic carbocycles. The zero-order chi connectivity index (χ0) is 6.97. The molecule has 0 atom stereocenters. The van der Waals surface area contributed by atoms with Gasteiger partial charge in [0.1, 0.15) is 6.20 Å². The highest BCUT2D eigenvalue weighted by atomic mass is 16.3. The van der Waals surface area contributed by atoms with Crippen LogP contribution in [0.15, 0.2) is 18.7 Å². The van der Waals surface area contributed by atoms with Crippen LogP contribution in [0.3, 0.4) is 0 Å². The van der Waals surface area contributed by atoms with Crippen molar-refractivity contribution in [1.82, 2.24) is 9.97 Å². The van der Waals surface area contributed by atoms with Crippen LogP contribution in [0.25, 0.3) is 6.08 Å². The van der Waals surface area contributed by atoms with Crippen LogP contribution in [0.4, 0.5) is 5.82 Å². The first kappa shape index (κ1) is 5.22. The second-order valence-corrected chi connectivity index (χ2v) is 1.94. The summed E-state index contributed by atoms with van der Waals surface area (Å²) in [6.45, 7) is 0. The van der Waals surface area contributed by atoms with E-state index >= 15 is 0 Å². The predicted octanol–water partition coefficient (Wildman–Crippen LogP) is 0.871. The summed E-state index contributed by atoms with van der Waals surface area (Å²) in [5.41, 5.74) is 0.775. The third kappa shape index (κ3) is 0.556. The molecule has 1 aromatic rings. The summed E-state index contributed by atoms with van der Waals surface area (Å²) in [5, 5.41) is 0. The Morgan fingerprint density at radius 2 is 2.40 bits per heavy atom. The molecule has 1 aromatic heterocycles. The number of hydrogen-bond donors (Lipinski definition) is 0. The van der Waals surface area contributed by atoms with Crippen molar-refractivity contribution in [2.75, 3.05) is 0 Å². The molecule has 2 heterocycles. The number of nitrogens with zero attached hydrogens (tertiary/aromatic N) is 3. The van der Waals surface area contributed by atoms with Gasteiger partial charge in [-0.1, -0.05) is 4.91 Å². The largest absolute Gasteiger partial charge is 0.376 e. The molecule has 10 heavy (non-hydrogen) atoms. The molecule has 0 N–H and O–H groups in total. The zero-order valence-corrected chi connectivity index (χ0v) is 5.06. The first-order valence-electron chi connectivity index (χ1n) is 2.82. The Bertz CT molecular complexity index is 319. The van der Waals surface area contributed by atoms with E-state index in [-0.39, 0.29) is 0 Å². The van der Waals surface area contributed by atoms with Gasteiger partial charge in [-0.2, -0.15) is 0 Å². The van der Waals surface area contributed by atoms with E-state index in [9.17, 15) is 4.91 Å². The molecule has 0 unspecified atom stereocenters. The van der Waals surface area contributed by atoms with Crippen molar-refractivity contribution >= 4 is 11.9 Å². The Balaban J connectivity index is 2.70. The highest BCUT2D eigenvalue weighted by Crippen LogP contribution is 2.21. The van der Waals surface area contributed by atoms with Crippen molar-refractivity contribution in [2.45, 2.75) is 0 Å². The van der Waals surface area contributed by atoms with Gasteiger partial charge in [0.05, 0.1) is 5.56 Å². The molecule has 0 amide bonds. The van der Waals surface area contributed by atoms with Gasteiger partial charge in [-0.25, -0.2) is 4.98 Å². The number of nitroso groups, excluding NO2 is 1. The van der Waals surface area contributed by atoms with Crippen LogP contribution in [0, 0.1) is 4.91 Å². The quantitative estimate of drug-likeness (QED) is 0.494. The first-order valence-corrected chi connectivity index (χ1v) is 2.82. The minimum atomic E-state index is 0.426. The molecule has 0 radical (unpaired) electrons. The summed E-state index contributed by atoms with van der Waals surface area (Å²) in [7, 11) is 0. The van der Waals surface area contributed by atoms with Crippen molar-refractivity contribution in [3.63, 3.8) is 0 Å². The highest BCUT2D eigenvalue weighted by Gasteiger charge is 2.21. The summed E-state index contributed by atoms with van der Waals surface area (Å²) in [6.07, 6.45) is 6.06. The molecule has 1 aliphatic heterocycles. The lowest BCUT2D eigenvalue weighted by Gasteiger charge is -1.81. The van der Waals surface area contributed by atoms with E-state index in [1.807, 2.05) is 0 Å². The van der Waals surface area contributed by atoms with Gasteiger partial charge in [-0.3, -0.25) is 0 Å². The predicted molar refractivity (Wildman–Crippen MR) is 34.4 cm³/mol. The third-order valence-electron chi connectivity index (χ3n) is 1.32. The van der Waals surface area contributed by atoms with E-state index < -0.39 is 0 Å². The maximum Gasteiger partial charge on any atom is 0.376 e. The smallest absolute Gasteiger partial charge is 0.220 e. The fraction of sp³-hybridized carbons (Fsp3) is 0. The Morgan fingerprint density at radius 1 is 1.50 bits per heavy atom. The Labute approximate surface area is 56.8 Å². The number of aromatic nitrogens is 2. The summed E-state index contributed by atoms with van der Waals surface area (Å²) < 4.78 is 0.719. The van der Waals surface area contributed by atoms with Crippen molar-refractivity contribution in [3.8, 4) is 0 Å². The fourth-order valence-electron chi connectivity index (χ4n) is 0.854. The maximum absolute atomic E-state index is 10.8. The third-order valence-corrected chi connectivity index (χ3v) is 1.32. The molecule has 0 saturated carbocycles. The second kappa shape index (κ2) is 1.70. The molecule has 1 aliphatic rings. The standard InChI is InChI=1S/C6H4N3O/c10-9-2-1-5-3-7-4-8-6(5)9/h1-4H/q+1. The summed E-state index contributed by atoms with van der Waals surface area (Å²) >= 11 is 0. The Hall–Kier alpha value is -1.58. The van der Waals surface area contributed by atoms with Gasteiger partial charge in [0.15, 0.2) is 0 Å². The number of rotatable bonds is 0. The van der Waals surface area contributed by atoms with E-state index in [0.29, 0.717) is 5.82 Å². The van der Waals surface area contributed by atoms with Crippen molar-refractivity contribution < 1.29 is 4.76 Å². The summed E-state index contributed by atoms with van der Waals surface area (Å²) in [6, 6.07) is 0. The van der Waals surface area contributed by atoms with E-state index in [0.717, 1.165) is 10.3 Å². The van der Waals surface area contributed by atoms with Gasteiger partial charge >= 0.3 is 5.82 Å². The van der Waals surface area contributed by atoms with Gasteiger partial charge < -0.3 is 0 Å². The zero-order valence-electron chi connectivity index (χ0n) is 5.06. The van der Waals surface area contributed by atoms with Gasteiger partial charge in [-0.15, -0.1) is 0 Å². The lowest BCUT2D eigenvalue weighted by atomic mass is 10.3. The van der Waals surface area contributed by atoms with Crippen LogP contribution in [0.5, 0.6) is 0 Å². The Morgan fingerprint density at radius 3 is 3.20 bits per heavy atom. The van der Waals surface area contributed by atoms with Crippen LogP contribution in [-0.4, -0.2) is 14.7 Å². The summed E-state index contributed by atoms with van der Waals surface area (Å²) in [5.74, 6) is 0.426. The van der Waals surface area contributed by atoms with Gasteiger partial charge in [-0.05, 0) is 11.1 Å². The van der Waals surface area contributed by atoms with E-state index in [2.05, 4.69) is 9.97 Å². The highest BCUT2D eigenvalue weighted by molar-refractivity contribution is 5.59. The van der Waals surface area contributed by atoms with E-state index in [4.69, 9.17) is 0 Å². The molecule has 0 saturated heterocycles. The SMILES string of the molecule is O=[N+]1C=Cc2cncnc21. The van der Waals surface area contributed by atoms with Gasteiger partial charge in [0.2, 0.25) is 6.33 Å².